The van der Waals surface area contributed by atoms with Crippen molar-refractivity contribution in [3.63, 3.8) is 0 Å². The van der Waals surface area contributed by atoms with Crippen molar-refractivity contribution in [3.8, 4) is 39.7 Å². The first kappa shape index (κ1) is 27.4. The van der Waals surface area contributed by atoms with Crippen molar-refractivity contribution in [3.05, 3.63) is 175 Å². The summed E-state index contributed by atoms with van der Waals surface area (Å²) < 4.78 is 4.52. The third-order valence-corrected chi connectivity index (χ3v) is 9.41. The largest absolute Gasteiger partial charge is 0.319 e. The first-order chi connectivity index (χ1) is 23.7. The van der Waals surface area contributed by atoms with Gasteiger partial charge in [-0.3, -0.25) is 0 Å². The van der Waals surface area contributed by atoms with Crippen LogP contribution in [0.2, 0.25) is 0 Å². The third kappa shape index (κ3) is 4.07. The lowest BCUT2D eigenvalue weighted by atomic mass is 9.94. The van der Waals surface area contributed by atoms with Gasteiger partial charge in [-0.05, 0) is 65.0 Å². The number of nitriles is 1. The van der Waals surface area contributed by atoms with E-state index >= 15 is 0 Å². The minimum atomic E-state index is 0.619. The van der Waals surface area contributed by atoms with Gasteiger partial charge in [0.1, 0.15) is 0 Å². The standard InChI is InChI=1S/C44H26N4/c1-46-39-16-10-15-37-36-14-5-7-18-41(36)47(44(37)39)32-25-23-29(24-26-32)38-27-30(21-22-31(38)28-45)33-11-2-6-17-40(33)48-42-19-8-3-12-34(42)35-13-4-9-20-43(35)48/h2-27H. The minimum Gasteiger partial charge on any atom is -0.319 e. The van der Waals surface area contributed by atoms with Crippen molar-refractivity contribution in [1.29, 1.82) is 5.26 Å². The predicted molar refractivity (Wildman–Crippen MR) is 197 cm³/mol. The number of aromatic nitrogens is 2. The molecule has 0 N–H and O–H groups in total. The van der Waals surface area contributed by atoms with Crippen LogP contribution in [-0.4, -0.2) is 9.13 Å². The quantitative estimate of drug-likeness (QED) is 0.183. The Balaban J connectivity index is 1.20. The second-order valence-corrected chi connectivity index (χ2v) is 11.9. The maximum absolute atomic E-state index is 10.2. The summed E-state index contributed by atoms with van der Waals surface area (Å²) in [4.78, 5) is 3.86. The number of benzene rings is 7. The number of fused-ring (bicyclic) bond motifs is 6. The van der Waals surface area contributed by atoms with Gasteiger partial charge in [0, 0.05) is 33.0 Å². The van der Waals surface area contributed by atoms with Gasteiger partial charge < -0.3 is 9.13 Å². The van der Waals surface area contributed by atoms with Crippen molar-refractivity contribution >= 4 is 49.3 Å². The molecule has 0 bridgehead atoms. The zero-order valence-corrected chi connectivity index (χ0v) is 25.8. The van der Waals surface area contributed by atoms with Crippen LogP contribution < -0.4 is 0 Å². The van der Waals surface area contributed by atoms with Gasteiger partial charge in [-0.1, -0.05) is 109 Å². The number of hydrogen-bond acceptors (Lipinski definition) is 1. The van der Waals surface area contributed by atoms with Crippen molar-refractivity contribution < 1.29 is 0 Å². The fourth-order valence-electron chi connectivity index (χ4n) is 7.29. The van der Waals surface area contributed by atoms with E-state index in [0.717, 1.165) is 66.5 Å². The van der Waals surface area contributed by atoms with E-state index in [1.165, 1.54) is 10.8 Å². The average Bonchev–Trinajstić information content (AvgIpc) is 3.68. The Bertz CT molecular complexity index is 2750. The molecule has 0 saturated heterocycles. The molecule has 0 amide bonds. The molecule has 0 radical (unpaired) electrons. The van der Waals surface area contributed by atoms with Gasteiger partial charge in [0.15, 0.2) is 0 Å². The molecule has 7 aromatic carbocycles. The molecule has 0 unspecified atom stereocenters. The summed E-state index contributed by atoms with van der Waals surface area (Å²) in [5.41, 5.74) is 11.5. The molecule has 0 aliphatic rings. The highest BCUT2D eigenvalue weighted by molar-refractivity contribution is 6.13. The van der Waals surface area contributed by atoms with Gasteiger partial charge >= 0.3 is 0 Å². The third-order valence-electron chi connectivity index (χ3n) is 9.41. The summed E-state index contributed by atoms with van der Waals surface area (Å²) in [7, 11) is 0. The fourth-order valence-corrected chi connectivity index (χ4v) is 7.29. The van der Waals surface area contributed by atoms with Gasteiger partial charge in [0.25, 0.3) is 0 Å². The highest BCUT2D eigenvalue weighted by Gasteiger charge is 2.18. The molecular formula is C44H26N4. The second kappa shape index (κ2) is 10.9. The Kier molecular flexibility index (Phi) is 6.22. The molecule has 48 heavy (non-hydrogen) atoms. The van der Waals surface area contributed by atoms with E-state index in [2.05, 4.69) is 141 Å². The molecule has 2 heterocycles. The molecule has 222 valence electrons. The molecule has 4 nitrogen and oxygen atoms in total. The summed E-state index contributed by atoms with van der Waals surface area (Å²) in [6, 6.07) is 56.6. The van der Waals surface area contributed by atoms with Crippen LogP contribution in [0.25, 0.3) is 82.1 Å². The Morgan fingerprint density at radius 3 is 1.73 bits per heavy atom. The first-order valence-corrected chi connectivity index (χ1v) is 15.9. The van der Waals surface area contributed by atoms with Crippen LogP contribution in [0.1, 0.15) is 5.56 Å². The molecule has 9 rings (SSSR count). The van der Waals surface area contributed by atoms with E-state index in [-0.39, 0.29) is 0 Å². The molecule has 0 aliphatic carbocycles. The lowest BCUT2D eigenvalue weighted by molar-refractivity contribution is 1.18. The molecule has 0 saturated carbocycles. The van der Waals surface area contributed by atoms with Crippen LogP contribution in [-0.2, 0) is 0 Å². The number of para-hydroxylation sites is 5. The monoisotopic (exact) mass is 610 g/mol. The Morgan fingerprint density at radius 1 is 0.500 bits per heavy atom. The van der Waals surface area contributed by atoms with E-state index in [0.29, 0.717) is 11.3 Å². The number of hydrogen-bond donors (Lipinski definition) is 0. The normalized spacial score (nSPS) is 11.3. The van der Waals surface area contributed by atoms with Crippen LogP contribution in [0, 0.1) is 17.9 Å². The number of rotatable bonds is 4. The maximum Gasteiger partial charge on any atom is 0.211 e. The Hall–Kier alpha value is -6.88. The average molecular weight is 611 g/mol. The van der Waals surface area contributed by atoms with Crippen LogP contribution >= 0.6 is 0 Å². The van der Waals surface area contributed by atoms with E-state index in [1.54, 1.807) is 0 Å². The summed E-state index contributed by atoms with van der Waals surface area (Å²) in [5, 5.41) is 14.8. The van der Waals surface area contributed by atoms with Gasteiger partial charge in [-0.2, -0.15) is 5.26 Å². The molecule has 4 heteroatoms. The van der Waals surface area contributed by atoms with Crippen LogP contribution in [0.3, 0.4) is 0 Å². The topological polar surface area (TPSA) is 38.0 Å². The highest BCUT2D eigenvalue weighted by Crippen LogP contribution is 2.40. The summed E-state index contributed by atoms with van der Waals surface area (Å²) in [6.45, 7) is 7.86. The zero-order chi connectivity index (χ0) is 32.2. The van der Waals surface area contributed by atoms with Gasteiger partial charge in [-0.15, -0.1) is 0 Å². The van der Waals surface area contributed by atoms with Gasteiger partial charge in [0.2, 0.25) is 5.69 Å². The maximum atomic E-state index is 10.2. The van der Waals surface area contributed by atoms with Gasteiger partial charge in [0.05, 0.1) is 46.0 Å². The molecule has 0 fully saturated rings. The van der Waals surface area contributed by atoms with Crippen LogP contribution in [0.4, 0.5) is 5.69 Å². The van der Waals surface area contributed by atoms with Crippen LogP contribution in [0.5, 0.6) is 0 Å². The Labute approximate surface area is 277 Å². The van der Waals surface area contributed by atoms with Crippen molar-refractivity contribution in [2.45, 2.75) is 0 Å². The van der Waals surface area contributed by atoms with E-state index in [1.807, 2.05) is 36.4 Å². The van der Waals surface area contributed by atoms with E-state index < -0.39 is 0 Å². The van der Waals surface area contributed by atoms with Crippen molar-refractivity contribution in [1.82, 2.24) is 9.13 Å². The molecule has 0 atom stereocenters. The zero-order valence-electron chi connectivity index (χ0n) is 25.8. The predicted octanol–water partition coefficient (Wildman–Crippen LogP) is 11.6. The summed E-state index contributed by atoms with van der Waals surface area (Å²) in [5.74, 6) is 0. The first-order valence-electron chi connectivity index (χ1n) is 15.9. The van der Waals surface area contributed by atoms with Gasteiger partial charge in [-0.25, -0.2) is 4.85 Å². The molecular weight excluding hydrogens is 585 g/mol. The highest BCUT2D eigenvalue weighted by atomic mass is 15.0. The molecule has 9 aromatic rings. The minimum absolute atomic E-state index is 0.619. The van der Waals surface area contributed by atoms with Crippen molar-refractivity contribution in [2.24, 2.45) is 0 Å². The van der Waals surface area contributed by atoms with E-state index in [9.17, 15) is 5.26 Å². The second-order valence-electron chi connectivity index (χ2n) is 11.9. The molecule has 0 aliphatic heterocycles. The fraction of sp³-hybridized carbons (Fsp3) is 0. The molecule has 0 spiro atoms. The Morgan fingerprint density at radius 2 is 1.06 bits per heavy atom. The van der Waals surface area contributed by atoms with Crippen LogP contribution in [0.15, 0.2) is 158 Å². The molecule has 2 aromatic heterocycles. The lowest BCUT2D eigenvalue weighted by Crippen LogP contribution is -1.97. The number of nitrogens with zero attached hydrogens (tertiary/aromatic N) is 4. The van der Waals surface area contributed by atoms with Crippen molar-refractivity contribution in [2.75, 3.05) is 0 Å². The smallest absolute Gasteiger partial charge is 0.211 e. The SMILES string of the molecule is [C-]#[N+]c1cccc2c3ccccc3n(-c3ccc(-c4cc(-c5ccccc5-n5c6ccccc6c6ccccc65)ccc4C#N)cc3)c12. The lowest BCUT2D eigenvalue weighted by Gasteiger charge is -2.16. The summed E-state index contributed by atoms with van der Waals surface area (Å²) >= 11 is 0. The van der Waals surface area contributed by atoms with E-state index in [4.69, 9.17) is 6.57 Å². The summed E-state index contributed by atoms with van der Waals surface area (Å²) in [6.07, 6.45) is 0.